The van der Waals surface area contributed by atoms with Crippen molar-refractivity contribution in [3.63, 3.8) is 0 Å². The number of piperidine rings is 1. The van der Waals surface area contributed by atoms with Crippen molar-refractivity contribution in [3.05, 3.63) is 0 Å². The number of amides is 3. The summed E-state index contributed by atoms with van der Waals surface area (Å²) in [6.07, 6.45) is 3.16. The van der Waals surface area contributed by atoms with Crippen LogP contribution in [0.5, 0.6) is 0 Å². The van der Waals surface area contributed by atoms with Crippen molar-refractivity contribution in [2.24, 2.45) is 0 Å². The first-order valence-corrected chi connectivity index (χ1v) is 7.02. The lowest BCUT2D eigenvalue weighted by Crippen LogP contribution is -2.47. The zero-order valence-corrected chi connectivity index (χ0v) is 11.9. The van der Waals surface area contributed by atoms with Crippen LogP contribution in [0.2, 0.25) is 0 Å². The van der Waals surface area contributed by atoms with Crippen molar-refractivity contribution in [3.8, 4) is 0 Å². The van der Waals surface area contributed by atoms with E-state index < -0.39 is 17.9 Å². The van der Waals surface area contributed by atoms with Crippen LogP contribution in [0.3, 0.4) is 0 Å². The maximum Gasteiger partial charge on any atom is 0.321 e. The van der Waals surface area contributed by atoms with E-state index in [0.29, 0.717) is 6.54 Å². The first kappa shape index (κ1) is 16.4. The third kappa shape index (κ3) is 6.51. The van der Waals surface area contributed by atoms with E-state index in [-0.39, 0.29) is 18.9 Å². The molecule has 1 unspecified atom stereocenters. The molecule has 1 aliphatic heterocycles. The van der Waals surface area contributed by atoms with Gasteiger partial charge in [-0.15, -0.1) is 0 Å². The van der Waals surface area contributed by atoms with Gasteiger partial charge in [0, 0.05) is 19.0 Å². The summed E-state index contributed by atoms with van der Waals surface area (Å²) in [5.74, 6) is -1.63. The largest absolute Gasteiger partial charge is 0.481 e. The molecule has 1 saturated heterocycles. The molecule has 1 heterocycles. The predicted molar refractivity (Wildman–Crippen MR) is 73.3 cm³/mol. The number of carbonyl (C=O) groups excluding carboxylic acids is 2. The van der Waals surface area contributed by atoms with E-state index in [0.717, 1.165) is 13.1 Å². The zero-order valence-electron chi connectivity index (χ0n) is 11.9. The highest BCUT2D eigenvalue weighted by atomic mass is 16.4. The fourth-order valence-electron chi connectivity index (χ4n) is 2.18. The molecule has 20 heavy (non-hydrogen) atoms. The number of aliphatic carboxylic acids is 1. The van der Waals surface area contributed by atoms with Crippen molar-refractivity contribution in [2.75, 3.05) is 19.6 Å². The minimum Gasteiger partial charge on any atom is -0.481 e. The van der Waals surface area contributed by atoms with Crippen LogP contribution < -0.4 is 10.6 Å². The highest BCUT2D eigenvalue weighted by Gasteiger charge is 2.17. The topological polar surface area (TPSA) is 98.7 Å². The fraction of sp³-hybridized carbons (Fsp3) is 0.769. The maximum atomic E-state index is 11.5. The van der Waals surface area contributed by atoms with Gasteiger partial charge >= 0.3 is 12.0 Å². The molecular formula is C13H23N3O4. The van der Waals surface area contributed by atoms with Crippen LogP contribution in [0.1, 0.15) is 39.0 Å². The number of imide groups is 1. The second-order valence-corrected chi connectivity index (χ2v) is 5.10. The summed E-state index contributed by atoms with van der Waals surface area (Å²) in [5.41, 5.74) is 0. The average molecular weight is 285 g/mol. The molecule has 3 N–H and O–H groups in total. The van der Waals surface area contributed by atoms with Crippen molar-refractivity contribution in [1.29, 1.82) is 0 Å². The van der Waals surface area contributed by atoms with Gasteiger partial charge in [-0.1, -0.05) is 6.42 Å². The maximum absolute atomic E-state index is 11.5. The van der Waals surface area contributed by atoms with Crippen LogP contribution in [-0.4, -0.2) is 53.6 Å². The van der Waals surface area contributed by atoms with Gasteiger partial charge in [0.05, 0.1) is 6.42 Å². The first-order valence-electron chi connectivity index (χ1n) is 7.02. The summed E-state index contributed by atoms with van der Waals surface area (Å²) < 4.78 is 0. The molecule has 7 heteroatoms. The molecule has 0 saturated carbocycles. The summed E-state index contributed by atoms with van der Waals surface area (Å²) in [4.78, 5) is 35.3. The standard InChI is InChI=1S/C13H23N3O4/c1-10(16-7-3-2-4-8-16)9-14-13(20)15-11(17)5-6-12(18)19/h10H,2-9H2,1H3,(H,18,19)(H2,14,15,17,20). The third-order valence-electron chi connectivity index (χ3n) is 3.39. The van der Waals surface area contributed by atoms with Crippen LogP contribution in [-0.2, 0) is 9.59 Å². The Labute approximate surface area is 118 Å². The Morgan fingerprint density at radius 1 is 1.15 bits per heavy atom. The summed E-state index contributed by atoms with van der Waals surface area (Å²) in [6, 6.07) is -0.334. The molecule has 0 radical (unpaired) electrons. The Bertz CT molecular complexity index is 354. The van der Waals surface area contributed by atoms with Gasteiger partial charge in [-0.05, 0) is 32.9 Å². The van der Waals surface area contributed by atoms with Gasteiger partial charge in [0.25, 0.3) is 0 Å². The summed E-state index contributed by atoms with van der Waals surface area (Å²) in [6.45, 7) is 4.60. The minimum absolute atomic E-state index is 0.190. The summed E-state index contributed by atoms with van der Waals surface area (Å²) in [5, 5.41) is 13.2. The zero-order chi connectivity index (χ0) is 15.0. The van der Waals surface area contributed by atoms with E-state index in [4.69, 9.17) is 5.11 Å². The molecule has 0 aromatic rings. The van der Waals surface area contributed by atoms with Gasteiger partial charge in [-0.3, -0.25) is 19.8 Å². The Morgan fingerprint density at radius 2 is 1.80 bits per heavy atom. The van der Waals surface area contributed by atoms with Gasteiger partial charge < -0.3 is 10.4 Å². The van der Waals surface area contributed by atoms with Gasteiger partial charge in [0.1, 0.15) is 0 Å². The lowest BCUT2D eigenvalue weighted by atomic mass is 10.1. The van der Waals surface area contributed by atoms with Gasteiger partial charge in [-0.2, -0.15) is 0 Å². The first-order chi connectivity index (χ1) is 9.49. The molecular weight excluding hydrogens is 262 g/mol. The molecule has 0 bridgehead atoms. The summed E-state index contributed by atoms with van der Waals surface area (Å²) in [7, 11) is 0. The highest BCUT2D eigenvalue weighted by molar-refractivity contribution is 5.95. The van der Waals surface area contributed by atoms with Crippen LogP contribution in [0.4, 0.5) is 4.79 Å². The van der Waals surface area contributed by atoms with Crippen molar-refractivity contribution >= 4 is 17.9 Å². The van der Waals surface area contributed by atoms with Crippen molar-refractivity contribution in [2.45, 2.75) is 45.1 Å². The molecule has 3 amide bonds. The number of carboxylic acids is 1. The monoisotopic (exact) mass is 285 g/mol. The summed E-state index contributed by atoms with van der Waals surface area (Å²) >= 11 is 0. The molecule has 0 aromatic carbocycles. The van der Waals surface area contributed by atoms with Crippen molar-refractivity contribution in [1.82, 2.24) is 15.5 Å². The van der Waals surface area contributed by atoms with Gasteiger partial charge in [-0.25, -0.2) is 4.79 Å². The third-order valence-corrected chi connectivity index (χ3v) is 3.39. The lowest BCUT2D eigenvalue weighted by molar-refractivity contribution is -0.138. The fourth-order valence-corrected chi connectivity index (χ4v) is 2.18. The van der Waals surface area contributed by atoms with Crippen LogP contribution in [0.25, 0.3) is 0 Å². The van der Waals surface area contributed by atoms with Gasteiger partial charge in [0.15, 0.2) is 0 Å². The van der Waals surface area contributed by atoms with Crippen LogP contribution in [0, 0.1) is 0 Å². The van der Waals surface area contributed by atoms with E-state index in [9.17, 15) is 14.4 Å². The number of carboxylic acid groups (broad SMARTS) is 1. The minimum atomic E-state index is -1.06. The molecule has 114 valence electrons. The van der Waals surface area contributed by atoms with E-state index >= 15 is 0 Å². The Balaban J connectivity index is 2.18. The number of carbonyl (C=O) groups is 3. The van der Waals surface area contributed by atoms with E-state index in [1.807, 2.05) is 6.92 Å². The number of hydrogen-bond acceptors (Lipinski definition) is 4. The number of likely N-dealkylation sites (tertiary alicyclic amines) is 1. The predicted octanol–water partition coefficient (Wildman–Crippen LogP) is 0.551. The number of rotatable bonds is 6. The molecule has 1 fully saturated rings. The highest BCUT2D eigenvalue weighted by Crippen LogP contribution is 2.11. The number of urea groups is 1. The SMILES string of the molecule is CC(CNC(=O)NC(=O)CCC(=O)O)N1CCCCC1. The van der Waals surface area contributed by atoms with Crippen molar-refractivity contribution < 1.29 is 19.5 Å². The molecule has 1 atom stereocenters. The van der Waals surface area contributed by atoms with Crippen LogP contribution in [0.15, 0.2) is 0 Å². The molecule has 0 spiro atoms. The Kier molecular flexibility index (Phi) is 7.00. The quantitative estimate of drug-likeness (QED) is 0.662. The molecule has 1 aliphatic rings. The second-order valence-electron chi connectivity index (χ2n) is 5.10. The number of nitrogens with one attached hydrogen (secondary N) is 2. The Hall–Kier alpha value is -1.63. The molecule has 7 nitrogen and oxygen atoms in total. The number of hydrogen-bond donors (Lipinski definition) is 3. The Morgan fingerprint density at radius 3 is 2.40 bits per heavy atom. The van der Waals surface area contributed by atoms with Crippen LogP contribution >= 0.6 is 0 Å². The normalized spacial score (nSPS) is 17.2. The second kappa shape index (κ2) is 8.52. The molecule has 0 aromatic heterocycles. The van der Waals surface area contributed by atoms with Gasteiger partial charge in [0.2, 0.25) is 5.91 Å². The average Bonchev–Trinajstić information content (AvgIpc) is 2.43. The lowest BCUT2D eigenvalue weighted by Gasteiger charge is -2.32. The van der Waals surface area contributed by atoms with E-state index in [2.05, 4.69) is 15.5 Å². The number of nitrogens with zero attached hydrogens (tertiary/aromatic N) is 1. The molecule has 1 rings (SSSR count). The smallest absolute Gasteiger partial charge is 0.321 e. The van der Waals surface area contributed by atoms with E-state index in [1.165, 1.54) is 19.3 Å². The molecule has 0 aliphatic carbocycles. The van der Waals surface area contributed by atoms with E-state index in [1.54, 1.807) is 0 Å².